The van der Waals surface area contributed by atoms with Crippen molar-refractivity contribution >= 4 is 45.3 Å². The van der Waals surface area contributed by atoms with Crippen molar-refractivity contribution in [3.05, 3.63) is 75.0 Å². The van der Waals surface area contributed by atoms with Crippen LogP contribution in [0.5, 0.6) is 0 Å². The number of hydrogen-bond donors (Lipinski definition) is 0. The molecule has 0 N–H and O–H groups in total. The lowest BCUT2D eigenvalue weighted by atomic mass is 10.1. The Morgan fingerprint density at radius 3 is 2.48 bits per heavy atom. The fourth-order valence-corrected chi connectivity index (χ4v) is 4.40. The Balaban J connectivity index is 2.02. The van der Waals surface area contributed by atoms with E-state index < -0.39 is 17.0 Å². The van der Waals surface area contributed by atoms with Crippen molar-refractivity contribution < 1.29 is 18.7 Å². The number of hydrogen-bond acceptors (Lipinski definition) is 5. The summed E-state index contributed by atoms with van der Waals surface area (Å²) in [6.45, 7) is 1.74. The van der Waals surface area contributed by atoms with Crippen LogP contribution in [-0.2, 0) is 20.7 Å². The Morgan fingerprint density at radius 2 is 1.90 bits per heavy atom. The minimum absolute atomic E-state index is 0.106. The number of esters is 1. The minimum atomic E-state index is -0.790. The minimum Gasteiger partial charge on any atom is -0.462 e. The maximum Gasteiger partial charge on any atom is 0.351 e. The molecule has 148 valence electrons. The van der Waals surface area contributed by atoms with Gasteiger partial charge in [0, 0.05) is 10.2 Å². The standard InChI is InChI=1S/C21H16BrFN2O3S/c1-2-28-21(27)17(12-24)20-25(16-9-7-15(23)8-10-16)19(26)18(29-20)11-13-3-5-14(22)6-4-13/h3-10,18H,2,11H2,1H3. The lowest BCUT2D eigenvalue weighted by molar-refractivity contribution is -0.138. The number of anilines is 1. The van der Waals surface area contributed by atoms with E-state index in [4.69, 9.17) is 4.74 Å². The van der Waals surface area contributed by atoms with Crippen molar-refractivity contribution in [3.8, 4) is 6.07 Å². The van der Waals surface area contributed by atoms with E-state index in [1.807, 2.05) is 30.3 Å². The number of carbonyl (C=O) groups is 2. The summed E-state index contributed by atoms with van der Waals surface area (Å²) in [7, 11) is 0. The van der Waals surface area contributed by atoms with E-state index in [1.54, 1.807) is 6.92 Å². The van der Waals surface area contributed by atoms with Gasteiger partial charge in [-0.2, -0.15) is 5.26 Å². The molecule has 0 bridgehead atoms. The predicted molar refractivity (Wildman–Crippen MR) is 112 cm³/mol. The molecular weight excluding hydrogens is 459 g/mol. The van der Waals surface area contributed by atoms with Gasteiger partial charge in [0.25, 0.3) is 0 Å². The van der Waals surface area contributed by atoms with Crippen LogP contribution in [0.4, 0.5) is 10.1 Å². The third-order valence-electron chi connectivity index (χ3n) is 4.18. The Bertz CT molecular complexity index is 1000. The molecule has 3 rings (SSSR count). The van der Waals surface area contributed by atoms with Gasteiger partial charge in [0.2, 0.25) is 5.91 Å². The van der Waals surface area contributed by atoms with Crippen LogP contribution in [0.25, 0.3) is 0 Å². The van der Waals surface area contributed by atoms with Gasteiger partial charge in [0.15, 0.2) is 5.57 Å². The van der Waals surface area contributed by atoms with Crippen LogP contribution in [0.15, 0.2) is 63.6 Å². The fourth-order valence-electron chi connectivity index (χ4n) is 2.83. The largest absolute Gasteiger partial charge is 0.462 e. The molecule has 1 saturated heterocycles. The summed E-state index contributed by atoms with van der Waals surface area (Å²) in [6, 6.07) is 14.8. The summed E-state index contributed by atoms with van der Waals surface area (Å²) in [6.07, 6.45) is 0.416. The van der Waals surface area contributed by atoms with Crippen LogP contribution < -0.4 is 4.90 Å². The highest BCUT2D eigenvalue weighted by Gasteiger charge is 2.41. The average Bonchev–Trinajstić information content (AvgIpc) is 3.01. The van der Waals surface area contributed by atoms with Crippen molar-refractivity contribution in [2.75, 3.05) is 11.5 Å². The van der Waals surface area contributed by atoms with E-state index in [1.165, 1.54) is 29.2 Å². The Morgan fingerprint density at radius 1 is 1.24 bits per heavy atom. The number of rotatable bonds is 5. The molecule has 1 atom stereocenters. The normalized spacial score (nSPS) is 17.8. The number of nitrogens with zero attached hydrogens (tertiary/aromatic N) is 2. The first kappa shape index (κ1) is 21.1. The maximum absolute atomic E-state index is 13.4. The second-order valence-corrected chi connectivity index (χ2v) is 8.21. The molecule has 1 heterocycles. The van der Waals surface area contributed by atoms with E-state index in [2.05, 4.69) is 15.9 Å². The van der Waals surface area contributed by atoms with E-state index in [0.29, 0.717) is 12.1 Å². The second kappa shape index (κ2) is 9.25. The van der Waals surface area contributed by atoms with Crippen molar-refractivity contribution in [3.63, 3.8) is 0 Å². The summed E-state index contributed by atoms with van der Waals surface area (Å²) < 4.78 is 19.3. The number of thioether (sulfide) groups is 1. The Hall–Kier alpha value is -2.63. The zero-order valence-corrected chi connectivity index (χ0v) is 17.8. The SMILES string of the molecule is CCOC(=O)C(C#N)=C1SC(Cc2ccc(Br)cc2)C(=O)N1c1ccc(F)cc1. The van der Waals surface area contributed by atoms with Crippen LogP contribution in [0.1, 0.15) is 12.5 Å². The monoisotopic (exact) mass is 474 g/mol. The van der Waals surface area contributed by atoms with Crippen LogP contribution >= 0.6 is 27.7 Å². The van der Waals surface area contributed by atoms with Gasteiger partial charge in [-0.05, 0) is 55.3 Å². The average molecular weight is 475 g/mol. The van der Waals surface area contributed by atoms with Crippen LogP contribution in [0.2, 0.25) is 0 Å². The fraction of sp³-hybridized carbons (Fsp3) is 0.190. The molecular formula is C21H16BrFN2O3S. The number of halogens is 2. The first-order valence-electron chi connectivity index (χ1n) is 8.76. The molecule has 1 fully saturated rings. The topological polar surface area (TPSA) is 70.4 Å². The highest BCUT2D eigenvalue weighted by Crippen LogP contribution is 2.42. The number of amides is 1. The van der Waals surface area contributed by atoms with Crippen molar-refractivity contribution in [2.24, 2.45) is 0 Å². The summed E-state index contributed by atoms with van der Waals surface area (Å²) in [5, 5.41) is 9.23. The molecule has 2 aromatic carbocycles. The van der Waals surface area contributed by atoms with Crippen LogP contribution in [-0.4, -0.2) is 23.7 Å². The quantitative estimate of drug-likeness (QED) is 0.360. The van der Waals surface area contributed by atoms with E-state index in [-0.39, 0.29) is 23.1 Å². The molecule has 1 amide bonds. The molecule has 0 spiro atoms. The molecule has 1 aliphatic rings. The summed E-state index contributed by atoms with van der Waals surface area (Å²) in [5.74, 6) is -1.52. The van der Waals surface area contributed by atoms with Crippen molar-refractivity contribution in [1.82, 2.24) is 0 Å². The van der Waals surface area contributed by atoms with Gasteiger partial charge in [0.1, 0.15) is 16.9 Å². The van der Waals surface area contributed by atoms with Gasteiger partial charge < -0.3 is 4.74 Å². The third kappa shape index (κ3) is 4.69. The predicted octanol–water partition coefficient (Wildman–Crippen LogP) is 4.58. The lowest BCUT2D eigenvalue weighted by Crippen LogP contribution is -2.30. The first-order chi connectivity index (χ1) is 13.9. The zero-order chi connectivity index (χ0) is 21.0. The summed E-state index contributed by atoms with van der Waals surface area (Å²) >= 11 is 4.52. The first-order valence-corrected chi connectivity index (χ1v) is 10.4. The van der Waals surface area contributed by atoms with Gasteiger partial charge in [0.05, 0.1) is 11.9 Å². The maximum atomic E-state index is 13.4. The van der Waals surface area contributed by atoms with Crippen molar-refractivity contribution in [2.45, 2.75) is 18.6 Å². The molecule has 5 nitrogen and oxygen atoms in total. The summed E-state index contributed by atoms with van der Waals surface area (Å²) in [5.41, 5.74) is 1.08. The number of ether oxygens (including phenoxy) is 1. The molecule has 0 radical (unpaired) electrons. The summed E-state index contributed by atoms with van der Waals surface area (Å²) in [4.78, 5) is 26.8. The Labute approximate surface area is 180 Å². The van der Waals surface area contributed by atoms with E-state index >= 15 is 0 Å². The van der Waals surface area contributed by atoms with Gasteiger partial charge in [-0.1, -0.05) is 39.8 Å². The van der Waals surface area contributed by atoms with Gasteiger partial charge in [-0.25, -0.2) is 9.18 Å². The Kier molecular flexibility index (Phi) is 6.72. The van der Waals surface area contributed by atoms with Crippen LogP contribution in [0.3, 0.4) is 0 Å². The molecule has 0 saturated carbocycles. The van der Waals surface area contributed by atoms with E-state index in [9.17, 15) is 19.2 Å². The zero-order valence-electron chi connectivity index (χ0n) is 15.4. The highest BCUT2D eigenvalue weighted by molar-refractivity contribution is 9.10. The molecule has 0 aliphatic carbocycles. The molecule has 2 aromatic rings. The van der Waals surface area contributed by atoms with Gasteiger partial charge in [-0.15, -0.1) is 0 Å². The molecule has 1 aliphatic heterocycles. The van der Waals surface area contributed by atoms with E-state index in [0.717, 1.165) is 21.8 Å². The van der Waals surface area contributed by atoms with Gasteiger partial charge in [-0.3, -0.25) is 9.69 Å². The van der Waals surface area contributed by atoms with Crippen LogP contribution in [0, 0.1) is 17.1 Å². The molecule has 1 unspecified atom stereocenters. The van der Waals surface area contributed by atoms with Gasteiger partial charge >= 0.3 is 5.97 Å². The smallest absolute Gasteiger partial charge is 0.351 e. The number of benzene rings is 2. The molecule has 29 heavy (non-hydrogen) atoms. The second-order valence-electron chi connectivity index (χ2n) is 6.10. The van der Waals surface area contributed by atoms with Crippen molar-refractivity contribution in [1.29, 1.82) is 5.26 Å². The molecule has 0 aromatic heterocycles. The highest BCUT2D eigenvalue weighted by atomic mass is 79.9. The number of nitriles is 1. The molecule has 8 heteroatoms. The lowest BCUT2D eigenvalue weighted by Gasteiger charge is -2.18. The number of carbonyl (C=O) groups excluding carboxylic acids is 2. The third-order valence-corrected chi connectivity index (χ3v) is 5.97.